The standard InChI is InChI=1S/C18H9F4N3O2/c19-13-4-2-1-3-12(13)16(26)25-8-7-10-5-6-11(9-14(10)25)15-23-17(27-24-15)18(20,21)22/h1-9H. The minimum atomic E-state index is -4.75. The van der Waals surface area contributed by atoms with Crippen LogP contribution >= 0.6 is 0 Å². The Kier molecular flexibility index (Phi) is 3.79. The van der Waals surface area contributed by atoms with Gasteiger partial charge in [-0.2, -0.15) is 18.2 Å². The molecule has 0 N–H and O–H groups in total. The first kappa shape index (κ1) is 17.0. The number of halogens is 4. The summed E-state index contributed by atoms with van der Waals surface area (Å²) in [6.07, 6.45) is -3.29. The molecule has 0 aliphatic carbocycles. The normalized spacial score (nSPS) is 11.9. The SMILES string of the molecule is O=C(c1ccccc1F)n1ccc2ccc(-c3noc(C(F)(F)F)n3)cc21. The van der Waals surface area contributed by atoms with Crippen molar-refractivity contribution in [2.24, 2.45) is 0 Å². The van der Waals surface area contributed by atoms with E-state index >= 15 is 0 Å². The van der Waals surface area contributed by atoms with E-state index in [9.17, 15) is 22.4 Å². The molecule has 0 fully saturated rings. The van der Waals surface area contributed by atoms with Crippen LogP contribution < -0.4 is 0 Å². The van der Waals surface area contributed by atoms with Gasteiger partial charge in [-0.1, -0.05) is 29.4 Å². The minimum Gasteiger partial charge on any atom is -0.329 e. The lowest BCUT2D eigenvalue weighted by atomic mass is 10.1. The number of hydrogen-bond donors (Lipinski definition) is 0. The highest BCUT2D eigenvalue weighted by atomic mass is 19.4. The summed E-state index contributed by atoms with van der Waals surface area (Å²) in [6.45, 7) is 0. The summed E-state index contributed by atoms with van der Waals surface area (Å²) in [5, 5.41) is 3.97. The topological polar surface area (TPSA) is 60.9 Å². The lowest BCUT2D eigenvalue weighted by Gasteiger charge is -2.06. The Bertz CT molecular complexity index is 1160. The van der Waals surface area contributed by atoms with Crippen molar-refractivity contribution in [1.82, 2.24) is 14.7 Å². The monoisotopic (exact) mass is 375 g/mol. The molecule has 0 unspecified atom stereocenters. The quantitative estimate of drug-likeness (QED) is 0.483. The highest BCUT2D eigenvalue weighted by Gasteiger charge is 2.38. The number of nitrogens with zero attached hydrogens (tertiary/aromatic N) is 3. The van der Waals surface area contributed by atoms with Crippen molar-refractivity contribution in [3.8, 4) is 11.4 Å². The fourth-order valence-electron chi connectivity index (χ4n) is 2.66. The van der Waals surface area contributed by atoms with Crippen LogP contribution in [-0.4, -0.2) is 20.6 Å². The molecule has 4 rings (SSSR count). The van der Waals surface area contributed by atoms with E-state index in [0.29, 0.717) is 10.9 Å². The first-order valence-corrected chi connectivity index (χ1v) is 7.66. The van der Waals surface area contributed by atoms with Crippen LogP contribution in [0.15, 0.2) is 59.3 Å². The van der Waals surface area contributed by atoms with Crippen molar-refractivity contribution < 1.29 is 26.9 Å². The van der Waals surface area contributed by atoms with Crippen molar-refractivity contribution in [3.63, 3.8) is 0 Å². The molecular formula is C18H9F4N3O2. The first-order valence-electron chi connectivity index (χ1n) is 7.66. The summed E-state index contributed by atoms with van der Waals surface area (Å²) in [7, 11) is 0. The lowest BCUT2D eigenvalue weighted by Crippen LogP contribution is -2.12. The van der Waals surface area contributed by atoms with Crippen LogP contribution in [0.3, 0.4) is 0 Å². The average molecular weight is 375 g/mol. The van der Waals surface area contributed by atoms with E-state index in [4.69, 9.17) is 0 Å². The summed E-state index contributed by atoms with van der Waals surface area (Å²) < 4.78 is 57.3. The van der Waals surface area contributed by atoms with Gasteiger partial charge in [0.05, 0.1) is 11.1 Å². The Labute approximate surface area is 148 Å². The molecule has 0 bridgehead atoms. The second-order valence-electron chi connectivity index (χ2n) is 5.67. The summed E-state index contributed by atoms with van der Waals surface area (Å²) in [4.78, 5) is 16.0. The van der Waals surface area contributed by atoms with E-state index in [1.54, 1.807) is 12.1 Å². The van der Waals surface area contributed by atoms with Crippen molar-refractivity contribution >= 4 is 16.8 Å². The highest BCUT2D eigenvalue weighted by Crippen LogP contribution is 2.30. The second kappa shape index (κ2) is 6.04. The maximum Gasteiger partial charge on any atom is 0.471 e. The number of hydrogen-bond acceptors (Lipinski definition) is 4. The molecule has 0 spiro atoms. The molecule has 0 saturated heterocycles. The van der Waals surface area contributed by atoms with Gasteiger partial charge in [-0.15, -0.1) is 0 Å². The average Bonchev–Trinajstić information content (AvgIpc) is 3.28. The van der Waals surface area contributed by atoms with E-state index < -0.39 is 23.8 Å². The third kappa shape index (κ3) is 2.97. The molecule has 2 heterocycles. The van der Waals surface area contributed by atoms with Gasteiger partial charge in [0.15, 0.2) is 0 Å². The zero-order valence-electron chi connectivity index (χ0n) is 13.4. The molecule has 5 nitrogen and oxygen atoms in total. The van der Waals surface area contributed by atoms with Crippen molar-refractivity contribution in [3.05, 3.63) is 72.0 Å². The molecule has 2 aromatic heterocycles. The second-order valence-corrected chi connectivity index (χ2v) is 5.67. The zero-order chi connectivity index (χ0) is 19.2. The Morgan fingerprint density at radius 2 is 1.85 bits per heavy atom. The molecule has 0 aliphatic rings. The molecule has 136 valence electrons. The van der Waals surface area contributed by atoms with Crippen LogP contribution in [0.5, 0.6) is 0 Å². The number of benzene rings is 2. The smallest absolute Gasteiger partial charge is 0.329 e. The van der Waals surface area contributed by atoms with Crippen LogP contribution in [0.4, 0.5) is 17.6 Å². The molecule has 0 saturated carbocycles. The van der Waals surface area contributed by atoms with E-state index in [-0.39, 0.29) is 17.0 Å². The van der Waals surface area contributed by atoms with E-state index in [2.05, 4.69) is 14.7 Å². The zero-order valence-corrected chi connectivity index (χ0v) is 13.4. The van der Waals surface area contributed by atoms with E-state index in [1.807, 2.05) is 0 Å². The molecule has 0 amide bonds. The molecule has 4 aromatic rings. The van der Waals surface area contributed by atoms with E-state index in [0.717, 1.165) is 0 Å². The fraction of sp³-hybridized carbons (Fsp3) is 0.0556. The molecule has 27 heavy (non-hydrogen) atoms. The summed E-state index contributed by atoms with van der Waals surface area (Å²) in [6, 6.07) is 11.7. The van der Waals surface area contributed by atoms with Crippen molar-refractivity contribution in [1.29, 1.82) is 0 Å². The molecule has 0 atom stereocenters. The van der Waals surface area contributed by atoms with Crippen molar-refractivity contribution in [2.45, 2.75) is 6.18 Å². The number of fused-ring (bicyclic) bond motifs is 1. The third-order valence-corrected chi connectivity index (χ3v) is 3.94. The van der Waals surface area contributed by atoms with Gasteiger partial charge in [0, 0.05) is 17.1 Å². The highest BCUT2D eigenvalue weighted by molar-refractivity contribution is 6.02. The summed E-state index contributed by atoms with van der Waals surface area (Å²) >= 11 is 0. The van der Waals surface area contributed by atoms with Crippen LogP contribution in [0.25, 0.3) is 22.3 Å². The third-order valence-electron chi connectivity index (χ3n) is 3.94. The molecular weight excluding hydrogens is 366 g/mol. The van der Waals surface area contributed by atoms with Crippen LogP contribution in [0, 0.1) is 5.82 Å². The van der Waals surface area contributed by atoms with Gasteiger partial charge in [0.25, 0.3) is 5.91 Å². The Hall–Kier alpha value is -3.49. The van der Waals surface area contributed by atoms with Crippen LogP contribution in [0.1, 0.15) is 16.2 Å². The Balaban J connectivity index is 1.79. The number of carbonyl (C=O) groups excluding carboxylic acids is 1. The Morgan fingerprint density at radius 1 is 1.07 bits per heavy atom. The number of carbonyl (C=O) groups is 1. The van der Waals surface area contributed by atoms with Gasteiger partial charge < -0.3 is 4.52 Å². The summed E-state index contributed by atoms with van der Waals surface area (Å²) in [5.74, 6) is -3.01. The van der Waals surface area contributed by atoms with Gasteiger partial charge in [-0.3, -0.25) is 9.36 Å². The van der Waals surface area contributed by atoms with Gasteiger partial charge in [0.2, 0.25) is 5.82 Å². The summed E-state index contributed by atoms with van der Waals surface area (Å²) in [5.41, 5.74) is 0.474. The van der Waals surface area contributed by atoms with Gasteiger partial charge >= 0.3 is 12.1 Å². The van der Waals surface area contributed by atoms with Crippen molar-refractivity contribution in [2.75, 3.05) is 0 Å². The van der Waals surface area contributed by atoms with Gasteiger partial charge in [-0.05, 0) is 24.3 Å². The van der Waals surface area contributed by atoms with Gasteiger partial charge in [-0.25, -0.2) is 4.39 Å². The molecule has 2 aromatic carbocycles. The lowest BCUT2D eigenvalue weighted by molar-refractivity contribution is -0.159. The van der Waals surface area contributed by atoms with Gasteiger partial charge in [0.1, 0.15) is 5.82 Å². The number of alkyl halides is 3. The molecule has 9 heteroatoms. The number of aromatic nitrogens is 3. The molecule has 0 radical (unpaired) electrons. The fourth-order valence-corrected chi connectivity index (χ4v) is 2.66. The molecule has 0 aliphatic heterocycles. The largest absolute Gasteiger partial charge is 0.471 e. The van der Waals surface area contributed by atoms with E-state index in [1.165, 1.54) is 47.2 Å². The Morgan fingerprint density at radius 3 is 2.56 bits per heavy atom. The van der Waals surface area contributed by atoms with Crippen LogP contribution in [0.2, 0.25) is 0 Å². The maximum absolute atomic E-state index is 13.9. The minimum absolute atomic E-state index is 0.126. The number of rotatable bonds is 2. The predicted octanol–water partition coefficient (Wildman–Crippen LogP) is 4.54. The first-order chi connectivity index (χ1) is 12.8. The maximum atomic E-state index is 13.9. The predicted molar refractivity (Wildman–Crippen MR) is 86.4 cm³/mol. The van der Waals surface area contributed by atoms with Crippen LogP contribution in [-0.2, 0) is 6.18 Å².